The molecule has 34 heavy (non-hydrogen) atoms. The number of carboxylic acid groups (broad SMARTS) is 1. The number of ether oxygens (including phenoxy) is 1. The number of alkyl carbamates (subject to hydrolysis) is 1. The van der Waals surface area contributed by atoms with Crippen LogP contribution < -0.4 is 10.6 Å². The van der Waals surface area contributed by atoms with Gasteiger partial charge in [-0.1, -0.05) is 67.6 Å². The number of carbonyl (C=O) groups excluding carboxylic acids is 2. The Morgan fingerprint density at radius 2 is 1.56 bits per heavy atom. The Morgan fingerprint density at radius 1 is 0.941 bits per heavy atom. The summed E-state index contributed by atoms with van der Waals surface area (Å²) in [6, 6.07) is 21.1. The second-order valence-corrected chi connectivity index (χ2v) is 8.40. The standard InChI is InChI=1S/C27H26N2O5/c1-16-8-7-13-23(24(16)26(31)32)29-25(30)17(2)14-28-27(33)34-15-22-20-11-5-3-9-18(20)19-10-4-6-12-21(19)22/h3-13,17,22H,14-15H2,1-2H3,(H,28,33)(H,29,30)(H,31,32). The summed E-state index contributed by atoms with van der Waals surface area (Å²) in [5.74, 6) is -2.15. The first-order valence-corrected chi connectivity index (χ1v) is 11.1. The number of amides is 2. The molecule has 2 amide bonds. The fourth-order valence-corrected chi connectivity index (χ4v) is 4.29. The van der Waals surface area contributed by atoms with Crippen LogP contribution in [0.4, 0.5) is 10.5 Å². The number of anilines is 1. The monoisotopic (exact) mass is 458 g/mol. The van der Waals surface area contributed by atoms with E-state index in [9.17, 15) is 19.5 Å². The van der Waals surface area contributed by atoms with E-state index in [1.54, 1.807) is 32.0 Å². The Morgan fingerprint density at radius 3 is 2.18 bits per heavy atom. The summed E-state index contributed by atoms with van der Waals surface area (Å²) in [6.07, 6.45) is -0.608. The number of benzene rings is 3. The molecule has 4 rings (SSSR count). The van der Waals surface area contributed by atoms with E-state index in [0.29, 0.717) is 5.56 Å². The Hall–Kier alpha value is -4.13. The Bertz CT molecular complexity index is 1210. The molecule has 1 atom stereocenters. The van der Waals surface area contributed by atoms with Crippen LogP contribution in [0, 0.1) is 12.8 Å². The van der Waals surface area contributed by atoms with Gasteiger partial charge in [-0.05, 0) is 40.8 Å². The molecule has 3 aromatic carbocycles. The van der Waals surface area contributed by atoms with Crippen LogP contribution in [0.15, 0.2) is 66.7 Å². The van der Waals surface area contributed by atoms with E-state index < -0.39 is 23.9 Å². The highest BCUT2D eigenvalue weighted by Crippen LogP contribution is 2.44. The molecule has 0 saturated heterocycles. The Balaban J connectivity index is 1.32. The molecule has 0 aliphatic heterocycles. The van der Waals surface area contributed by atoms with Gasteiger partial charge in [-0.2, -0.15) is 0 Å². The third kappa shape index (κ3) is 4.64. The van der Waals surface area contributed by atoms with Gasteiger partial charge in [0.25, 0.3) is 0 Å². The van der Waals surface area contributed by atoms with Crippen molar-refractivity contribution in [1.82, 2.24) is 5.32 Å². The molecular formula is C27H26N2O5. The van der Waals surface area contributed by atoms with E-state index in [0.717, 1.165) is 22.3 Å². The molecule has 1 aliphatic rings. The lowest BCUT2D eigenvalue weighted by molar-refractivity contribution is -0.119. The minimum atomic E-state index is -1.11. The predicted octanol–water partition coefficient (Wildman–Crippen LogP) is 4.81. The van der Waals surface area contributed by atoms with Crippen molar-refractivity contribution in [3.63, 3.8) is 0 Å². The number of aromatic carboxylic acids is 1. The molecule has 0 heterocycles. The normalized spacial score (nSPS) is 12.9. The summed E-state index contributed by atoms with van der Waals surface area (Å²) in [4.78, 5) is 36.4. The van der Waals surface area contributed by atoms with Crippen molar-refractivity contribution in [1.29, 1.82) is 0 Å². The van der Waals surface area contributed by atoms with Gasteiger partial charge >= 0.3 is 12.1 Å². The molecule has 0 bridgehead atoms. The highest BCUT2D eigenvalue weighted by Gasteiger charge is 2.29. The fourth-order valence-electron chi connectivity index (χ4n) is 4.29. The molecule has 7 nitrogen and oxygen atoms in total. The molecule has 174 valence electrons. The summed E-state index contributed by atoms with van der Waals surface area (Å²) in [6.45, 7) is 3.55. The number of carboxylic acids is 1. The number of hydrogen-bond donors (Lipinski definition) is 3. The average Bonchev–Trinajstić information content (AvgIpc) is 3.14. The van der Waals surface area contributed by atoms with Gasteiger partial charge in [-0.3, -0.25) is 4.79 Å². The predicted molar refractivity (Wildman–Crippen MR) is 129 cm³/mol. The summed E-state index contributed by atoms with van der Waals surface area (Å²) in [5.41, 5.74) is 5.37. The molecule has 1 aliphatic carbocycles. The van der Waals surface area contributed by atoms with Crippen LogP contribution in [-0.4, -0.2) is 36.2 Å². The first-order valence-electron chi connectivity index (χ1n) is 11.1. The van der Waals surface area contributed by atoms with Gasteiger partial charge in [0.1, 0.15) is 6.61 Å². The van der Waals surface area contributed by atoms with Crippen LogP contribution in [0.1, 0.15) is 39.9 Å². The maximum Gasteiger partial charge on any atom is 0.407 e. The molecule has 0 aromatic heterocycles. The van der Waals surface area contributed by atoms with E-state index in [4.69, 9.17) is 4.74 Å². The molecule has 1 unspecified atom stereocenters. The largest absolute Gasteiger partial charge is 0.478 e. The van der Waals surface area contributed by atoms with Crippen LogP contribution in [0.3, 0.4) is 0 Å². The van der Waals surface area contributed by atoms with Crippen molar-refractivity contribution >= 4 is 23.7 Å². The Labute approximate surface area is 197 Å². The summed E-state index contributed by atoms with van der Waals surface area (Å²) < 4.78 is 5.49. The zero-order chi connectivity index (χ0) is 24.2. The number of fused-ring (bicyclic) bond motifs is 3. The van der Waals surface area contributed by atoms with Crippen molar-refractivity contribution < 1.29 is 24.2 Å². The van der Waals surface area contributed by atoms with Gasteiger partial charge in [0, 0.05) is 12.5 Å². The smallest absolute Gasteiger partial charge is 0.407 e. The Kier molecular flexibility index (Phi) is 6.63. The van der Waals surface area contributed by atoms with Crippen molar-refractivity contribution in [2.24, 2.45) is 5.92 Å². The van der Waals surface area contributed by atoms with Crippen LogP contribution in [-0.2, 0) is 9.53 Å². The zero-order valence-electron chi connectivity index (χ0n) is 19.0. The lowest BCUT2D eigenvalue weighted by atomic mass is 9.98. The van der Waals surface area contributed by atoms with Gasteiger partial charge in [-0.15, -0.1) is 0 Å². The van der Waals surface area contributed by atoms with Crippen LogP contribution in [0.5, 0.6) is 0 Å². The number of rotatable bonds is 7. The lowest BCUT2D eigenvalue weighted by Crippen LogP contribution is -2.35. The van der Waals surface area contributed by atoms with Gasteiger partial charge in [-0.25, -0.2) is 9.59 Å². The van der Waals surface area contributed by atoms with E-state index in [1.165, 1.54) is 0 Å². The SMILES string of the molecule is Cc1cccc(NC(=O)C(C)CNC(=O)OCC2c3ccccc3-c3ccccc32)c1C(=O)O. The number of aryl methyl sites for hydroxylation is 1. The van der Waals surface area contributed by atoms with Gasteiger partial charge in [0.15, 0.2) is 0 Å². The third-order valence-corrected chi connectivity index (χ3v) is 6.09. The van der Waals surface area contributed by atoms with Crippen molar-refractivity contribution in [2.75, 3.05) is 18.5 Å². The van der Waals surface area contributed by atoms with E-state index in [2.05, 4.69) is 22.8 Å². The minimum Gasteiger partial charge on any atom is -0.478 e. The third-order valence-electron chi connectivity index (χ3n) is 6.09. The van der Waals surface area contributed by atoms with Crippen molar-refractivity contribution in [3.8, 4) is 11.1 Å². The van der Waals surface area contributed by atoms with Crippen LogP contribution >= 0.6 is 0 Å². The summed E-state index contributed by atoms with van der Waals surface area (Å²) >= 11 is 0. The van der Waals surface area contributed by atoms with E-state index in [1.807, 2.05) is 36.4 Å². The lowest BCUT2D eigenvalue weighted by Gasteiger charge is -2.17. The van der Waals surface area contributed by atoms with Crippen LogP contribution in [0.25, 0.3) is 11.1 Å². The summed E-state index contributed by atoms with van der Waals surface area (Å²) in [7, 11) is 0. The molecule has 7 heteroatoms. The van der Waals surface area contributed by atoms with Crippen molar-refractivity contribution in [2.45, 2.75) is 19.8 Å². The zero-order valence-corrected chi connectivity index (χ0v) is 19.0. The van der Waals surface area contributed by atoms with E-state index in [-0.39, 0.29) is 30.3 Å². The number of hydrogen-bond acceptors (Lipinski definition) is 4. The van der Waals surface area contributed by atoms with Gasteiger partial charge in [0.05, 0.1) is 17.2 Å². The molecule has 0 fully saturated rings. The first-order chi connectivity index (χ1) is 16.4. The molecule has 3 N–H and O–H groups in total. The molecule has 3 aromatic rings. The first kappa shape index (κ1) is 23.0. The molecule has 0 saturated carbocycles. The topological polar surface area (TPSA) is 105 Å². The maximum atomic E-state index is 12.6. The second-order valence-electron chi connectivity index (χ2n) is 8.40. The van der Waals surface area contributed by atoms with Gasteiger partial charge in [0.2, 0.25) is 5.91 Å². The van der Waals surface area contributed by atoms with E-state index >= 15 is 0 Å². The molecule has 0 radical (unpaired) electrons. The minimum absolute atomic E-state index is 0.0466. The van der Waals surface area contributed by atoms with Crippen molar-refractivity contribution in [3.05, 3.63) is 89.0 Å². The molecule has 0 spiro atoms. The summed E-state index contributed by atoms with van der Waals surface area (Å²) in [5, 5.41) is 14.7. The maximum absolute atomic E-state index is 12.6. The fraction of sp³-hybridized carbons (Fsp3) is 0.222. The quantitative estimate of drug-likeness (QED) is 0.471. The van der Waals surface area contributed by atoms with Gasteiger partial charge < -0.3 is 20.5 Å². The number of carbonyl (C=O) groups is 3. The molecular weight excluding hydrogens is 432 g/mol. The van der Waals surface area contributed by atoms with Crippen LogP contribution in [0.2, 0.25) is 0 Å². The average molecular weight is 459 g/mol. The number of nitrogens with one attached hydrogen (secondary N) is 2. The highest BCUT2D eigenvalue weighted by molar-refractivity contribution is 6.02. The highest BCUT2D eigenvalue weighted by atomic mass is 16.5. The second kappa shape index (κ2) is 9.79.